The molecule has 0 unspecified atom stereocenters. The van der Waals surface area contributed by atoms with Gasteiger partial charge in [-0.1, -0.05) is 29.8 Å². The van der Waals surface area contributed by atoms with Crippen molar-refractivity contribution in [3.63, 3.8) is 0 Å². The van der Waals surface area contributed by atoms with Crippen LogP contribution in [0.4, 0.5) is 13.2 Å². The van der Waals surface area contributed by atoms with E-state index in [1.165, 1.54) is 12.1 Å². The lowest BCUT2D eigenvalue weighted by atomic mass is 10.2. The largest absolute Gasteiger partial charge is 0.309 e. The smallest absolute Gasteiger partial charge is 0.159 e. The van der Waals surface area contributed by atoms with Gasteiger partial charge in [0.1, 0.15) is 5.82 Å². The standard InChI is InChI=1S/C14H11ClF3N/c15-14-10(2-1-3-12(14)17)8-19-7-9-4-5-11(16)13(18)6-9/h1-6,19H,7-8H2. The molecule has 0 aliphatic rings. The van der Waals surface area contributed by atoms with Crippen LogP contribution in [0, 0.1) is 17.5 Å². The third-order valence-corrected chi connectivity index (χ3v) is 3.08. The maximum absolute atomic E-state index is 13.2. The van der Waals surface area contributed by atoms with Gasteiger partial charge in [0.15, 0.2) is 11.6 Å². The summed E-state index contributed by atoms with van der Waals surface area (Å²) < 4.78 is 38.9. The van der Waals surface area contributed by atoms with E-state index < -0.39 is 17.5 Å². The minimum Gasteiger partial charge on any atom is -0.309 e. The van der Waals surface area contributed by atoms with Crippen molar-refractivity contribution in [1.82, 2.24) is 5.32 Å². The van der Waals surface area contributed by atoms with Gasteiger partial charge in [0.05, 0.1) is 5.02 Å². The van der Waals surface area contributed by atoms with E-state index in [4.69, 9.17) is 11.6 Å². The predicted octanol–water partition coefficient (Wildman–Crippen LogP) is 4.05. The molecule has 0 saturated carbocycles. The summed E-state index contributed by atoms with van der Waals surface area (Å²) in [7, 11) is 0. The lowest BCUT2D eigenvalue weighted by Crippen LogP contribution is -2.13. The normalized spacial score (nSPS) is 10.7. The van der Waals surface area contributed by atoms with Gasteiger partial charge in [-0.3, -0.25) is 0 Å². The first-order valence-corrected chi connectivity index (χ1v) is 6.03. The number of hydrogen-bond acceptors (Lipinski definition) is 1. The zero-order chi connectivity index (χ0) is 13.8. The zero-order valence-electron chi connectivity index (χ0n) is 9.89. The van der Waals surface area contributed by atoms with Gasteiger partial charge < -0.3 is 5.32 Å². The fourth-order valence-electron chi connectivity index (χ4n) is 1.68. The molecule has 0 heterocycles. The Morgan fingerprint density at radius 1 is 0.895 bits per heavy atom. The monoisotopic (exact) mass is 285 g/mol. The van der Waals surface area contributed by atoms with Gasteiger partial charge in [0, 0.05) is 13.1 Å². The van der Waals surface area contributed by atoms with Crippen LogP contribution in [0.2, 0.25) is 5.02 Å². The molecule has 1 nitrogen and oxygen atoms in total. The minimum atomic E-state index is -0.886. The highest BCUT2D eigenvalue weighted by Gasteiger charge is 2.06. The van der Waals surface area contributed by atoms with Gasteiger partial charge in [0.2, 0.25) is 0 Å². The van der Waals surface area contributed by atoms with Gasteiger partial charge in [-0.05, 0) is 29.3 Å². The first-order chi connectivity index (χ1) is 9.08. The number of halogens is 4. The van der Waals surface area contributed by atoms with Crippen LogP contribution < -0.4 is 5.32 Å². The summed E-state index contributed by atoms with van der Waals surface area (Å²) in [5.74, 6) is -2.24. The van der Waals surface area contributed by atoms with Crippen molar-refractivity contribution in [2.75, 3.05) is 0 Å². The average Bonchev–Trinajstić information content (AvgIpc) is 2.39. The van der Waals surface area contributed by atoms with Crippen LogP contribution in [0.5, 0.6) is 0 Å². The number of benzene rings is 2. The minimum absolute atomic E-state index is 0.0697. The molecule has 2 aromatic carbocycles. The maximum atomic E-state index is 13.2. The molecule has 19 heavy (non-hydrogen) atoms. The highest BCUT2D eigenvalue weighted by Crippen LogP contribution is 2.19. The second kappa shape index (κ2) is 6.08. The summed E-state index contributed by atoms with van der Waals surface area (Å²) in [6, 6.07) is 8.22. The van der Waals surface area contributed by atoms with Crippen molar-refractivity contribution in [3.05, 3.63) is 70.0 Å². The molecule has 0 amide bonds. The molecule has 0 spiro atoms. The second-order valence-electron chi connectivity index (χ2n) is 4.06. The molecule has 0 atom stereocenters. The van der Waals surface area contributed by atoms with E-state index in [0.29, 0.717) is 24.2 Å². The van der Waals surface area contributed by atoms with E-state index in [2.05, 4.69) is 5.32 Å². The lowest BCUT2D eigenvalue weighted by molar-refractivity contribution is 0.506. The van der Waals surface area contributed by atoms with E-state index in [1.807, 2.05) is 0 Å². The van der Waals surface area contributed by atoms with Crippen molar-refractivity contribution < 1.29 is 13.2 Å². The first-order valence-electron chi connectivity index (χ1n) is 5.65. The molecule has 5 heteroatoms. The molecule has 0 radical (unpaired) electrons. The lowest BCUT2D eigenvalue weighted by Gasteiger charge is -2.07. The van der Waals surface area contributed by atoms with Gasteiger partial charge >= 0.3 is 0 Å². The van der Waals surface area contributed by atoms with Crippen molar-refractivity contribution in [2.45, 2.75) is 13.1 Å². The highest BCUT2D eigenvalue weighted by molar-refractivity contribution is 6.31. The topological polar surface area (TPSA) is 12.0 Å². The summed E-state index contributed by atoms with van der Waals surface area (Å²) in [5, 5.41) is 3.06. The van der Waals surface area contributed by atoms with E-state index in [-0.39, 0.29) is 5.02 Å². The molecule has 100 valence electrons. The Morgan fingerprint density at radius 2 is 1.68 bits per heavy atom. The Morgan fingerprint density at radius 3 is 2.42 bits per heavy atom. The average molecular weight is 286 g/mol. The molecule has 0 aromatic heterocycles. The molecule has 2 rings (SSSR count). The Balaban J connectivity index is 1.96. The van der Waals surface area contributed by atoms with Crippen LogP contribution in [0.15, 0.2) is 36.4 Å². The van der Waals surface area contributed by atoms with Crippen LogP contribution in [0.25, 0.3) is 0 Å². The molecule has 2 aromatic rings. The van der Waals surface area contributed by atoms with Gasteiger partial charge in [0.25, 0.3) is 0 Å². The van der Waals surface area contributed by atoms with Crippen LogP contribution >= 0.6 is 11.6 Å². The van der Waals surface area contributed by atoms with Crippen LogP contribution in [-0.2, 0) is 13.1 Å². The molecule has 0 bridgehead atoms. The fourth-order valence-corrected chi connectivity index (χ4v) is 1.87. The summed E-state index contributed by atoms with van der Waals surface area (Å²) >= 11 is 5.80. The summed E-state index contributed by atoms with van der Waals surface area (Å²) in [6.45, 7) is 0.680. The number of hydrogen-bond donors (Lipinski definition) is 1. The summed E-state index contributed by atoms with van der Waals surface area (Å²) in [6.07, 6.45) is 0. The van der Waals surface area contributed by atoms with Crippen LogP contribution in [0.1, 0.15) is 11.1 Å². The molecule has 0 saturated heterocycles. The van der Waals surface area contributed by atoms with Crippen LogP contribution in [0.3, 0.4) is 0 Å². The third-order valence-electron chi connectivity index (χ3n) is 2.66. The summed E-state index contributed by atoms with van der Waals surface area (Å²) in [5.41, 5.74) is 1.22. The van der Waals surface area contributed by atoms with E-state index in [1.54, 1.807) is 12.1 Å². The molecule has 0 aliphatic carbocycles. The molecular formula is C14H11ClF3N. The van der Waals surface area contributed by atoms with Crippen molar-refractivity contribution in [2.24, 2.45) is 0 Å². The van der Waals surface area contributed by atoms with Gasteiger partial charge in [-0.15, -0.1) is 0 Å². The SMILES string of the molecule is Fc1ccc(CNCc2cccc(F)c2Cl)cc1F. The molecule has 0 aliphatic heterocycles. The van der Waals surface area contributed by atoms with E-state index in [0.717, 1.165) is 12.1 Å². The molecule has 0 fully saturated rings. The number of rotatable bonds is 4. The number of nitrogens with one attached hydrogen (secondary N) is 1. The Bertz CT molecular complexity index is 587. The first kappa shape index (κ1) is 13.9. The van der Waals surface area contributed by atoms with E-state index in [9.17, 15) is 13.2 Å². The Labute approximate surface area is 114 Å². The van der Waals surface area contributed by atoms with Crippen LogP contribution in [-0.4, -0.2) is 0 Å². The quantitative estimate of drug-likeness (QED) is 0.894. The van der Waals surface area contributed by atoms with Gasteiger partial charge in [-0.25, -0.2) is 13.2 Å². The van der Waals surface area contributed by atoms with Crippen molar-refractivity contribution in [1.29, 1.82) is 0 Å². The summed E-state index contributed by atoms with van der Waals surface area (Å²) in [4.78, 5) is 0. The van der Waals surface area contributed by atoms with E-state index >= 15 is 0 Å². The van der Waals surface area contributed by atoms with Gasteiger partial charge in [-0.2, -0.15) is 0 Å². The fraction of sp³-hybridized carbons (Fsp3) is 0.143. The zero-order valence-corrected chi connectivity index (χ0v) is 10.6. The third kappa shape index (κ3) is 3.49. The predicted molar refractivity (Wildman–Crippen MR) is 68.3 cm³/mol. The Kier molecular flexibility index (Phi) is 4.45. The molecule has 1 N–H and O–H groups in total. The maximum Gasteiger partial charge on any atom is 0.159 e. The molecular weight excluding hydrogens is 275 g/mol. The van der Waals surface area contributed by atoms with Crippen molar-refractivity contribution in [3.8, 4) is 0 Å². The Hall–Kier alpha value is -1.52. The van der Waals surface area contributed by atoms with Crippen molar-refractivity contribution >= 4 is 11.6 Å². The second-order valence-corrected chi connectivity index (χ2v) is 4.44. The highest BCUT2D eigenvalue weighted by atomic mass is 35.5.